The molecule has 0 aromatic heterocycles. The van der Waals surface area contributed by atoms with Crippen molar-refractivity contribution >= 4 is 5.69 Å². The van der Waals surface area contributed by atoms with Crippen LogP contribution >= 0.6 is 0 Å². The molecule has 4 heteroatoms. The van der Waals surface area contributed by atoms with Gasteiger partial charge in [-0.05, 0) is 36.1 Å². The van der Waals surface area contributed by atoms with Crippen molar-refractivity contribution < 1.29 is 9.84 Å². The zero-order valence-electron chi connectivity index (χ0n) is 14.5. The van der Waals surface area contributed by atoms with Gasteiger partial charge in [0.05, 0.1) is 12.2 Å². The summed E-state index contributed by atoms with van der Waals surface area (Å²) < 4.78 is 6.28. The van der Waals surface area contributed by atoms with Crippen LogP contribution < -0.4 is 15.4 Å². The maximum Gasteiger partial charge on any atom is 0.147 e. The van der Waals surface area contributed by atoms with Gasteiger partial charge in [0.2, 0.25) is 0 Å². The molecule has 1 aliphatic heterocycles. The zero-order chi connectivity index (χ0) is 17.2. The summed E-state index contributed by atoms with van der Waals surface area (Å²) in [6.45, 7) is 6.54. The number of phenolic OH excluding ortho intramolecular Hbond substituents is 1. The average molecular weight is 326 g/mol. The molecule has 0 saturated heterocycles. The molecular formula is C20H26N2O2. The zero-order valence-corrected chi connectivity index (χ0v) is 14.5. The maximum atomic E-state index is 9.83. The fraction of sp³-hybridized carbons (Fsp3) is 0.400. The monoisotopic (exact) mass is 326 g/mol. The molecule has 3 rings (SSSR count). The van der Waals surface area contributed by atoms with Crippen LogP contribution in [0.25, 0.3) is 0 Å². The van der Waals surface area contributed by atoms with Crippen molar-refractivity contribution in [1.82, 2.24) is 0 Å². The van der Waals surface area contributed by atoms with Crippen LogP contribution in [-0.2, 0) is 13.1 Å². The van der Waals surface area contributed by atoms with E-state index in [1.165, 1.54) is 5.56 Å². The highest BCUT2D eigenvalue weighted by atomic mass is 16.5. The molecule has 0 fully saturated rings. The van der Waals surface area contributed by atoms with Crippen molar-refractivity contribution in [1.29, 1.82) is 0 Å². The quantitative estimate of drug-likeness (QED) is 0.877. The van der Waals surface area contributed by atoms with E-state index in [4.69, 9.17) is 10.5 Å². The van der Waals surface area contributed by atoms with Gasteiger partial charge in [-0.25, -0.2) is 0 Å². The lowest BCUT2D eigenvalue weighted by atomic mass is 9.93. The highest BCUT2D eigenvalue weighted by molar-refractivity contribution is 5.63. The fourth-order valence-corrected chi connectivity index (χ4v) is 3.30. The van der Waals surface area contributed by atoms with Crippen LogP contribution in [0.1, 0.15) is 37.8 Å². The third-order valence-corrected chi connectivity index (χ3v) is 5.01. The summed E-state index contributed by atoms with van der Waals surface area (Å²) in [6, 6.07) is 13.8. The molecule has 2 aromatic rings. The predicted molar refractivity (Wildman–Crippen MR) is 97.4 cm³/mol. The lowest BCUT2D eigenvalue weighted by Crippen LogP contribution is -2.50. The first-order valence-electron chi connectivity index (χ1n) is 8.64. The first-order chi connectivity index (χ1) is 11.6. The van der Waals surface area contributed by atoms with Crippen molar-refractivity contribution in [3.63, 3.8) is 0 Å². The van der Waals surface area contributed by atoms with E-state index in [0.717, 1.165) is 42.9 Å². The third kappa shape index (κ3) is 3.20. The molecule has 0 amide bonds. The number of nitrogens with two attached hydrogens (primary N) is 1. The molecule has 0 spiro atoms. The van der Waals surface area contributed by atoms with Gasteiger partial charge >= 0.3 is 0 Å². The molecule has 4 nitrogen and oxygen atoms in total. The summed E-state index contributed by atoms with van der Waals surface area (Å²) in [4.78, 5) is 2.35. The SMILES string of the molecule is CCC1(CC)CN(Cc2ccc(CN)cc2)c2ccc(O)cc2O1. The molecule has 3 N–H and O–H groups in total. The van der Waals surface area contributed by atoms with E-state index in [9.17, 15) is 5.11 Å². The van der Waals surface area contributed by atoms with E-state index in [0.29, 0.717) is 6.54 Å². The Bertz CT molecular complexity index is 693. The molecule has 0 radical (unpaired) electrons. The van der Waals surface area contributed by atoms with Gasteiger partial charge in [0, 0.05) is 19.2 Å². The molecule has 1 heterocycles. The van der Waals surface area contributed by atoms with Crippen molar-refractivity contribution in [2.75, 3.05) is 11.4 Å². The minimum absolute atomic E-state index is 0.210. The molecule has 0 aliphatic carbocycles. The number of rotatable bonds is 5. The summed E-state index contributed by atoms with van der Waals surface area (Å²) in [6.07, 6.45) is 1.86. The van der Waals surface area contributed by atoms with Crippen LogP contribution in [0.2, 0.25) is 0 Å². The van der Waals surface area contributed by atoms with E-state index in [-0.39, 0.29) is 11.4 Å². The van der Waals surface area contributed by atoms with Gasteiger partial charge in [0.1, 0.15) is 17.1 Å². The Morgan fingerprint density at radius 3 is 2.38 bits per heavy atom. The lowest BCUT2D eigenvalue weighted by Gasteiger charge is -2.44. The number of hydrogen-bond acceptors (Lipinski definition) is 4. The topological polar surface area (TPSA) is 58.7 Å². The molecule has 1 aliphatic rings. The van der Waals surface area contributed by atoms with Crippen LogP contribution in [0, 0.1) is 0 Å². The molecule has 128 valence electrons. The highest BCUT2D eigenvalue weighted by Crippen LogP contribution is 2.42. The van der Waals surface area contributed by atoms with Gasteiger partial charge in [-0.15, -0.1) is 0 Å². The molecule has 0 saturated carbocycles. The number of benzene rings is 2. The number of fused-ring (bicyclic) bond motifs is 1. The van der Waals surface area contributed by atoms with E-state index in [1.54, 1.807) is 12.1 Å². The van der Waals surface area contributed by atoms with Gasteiger partial charge in [0.25, 0.3) is 0 Å². The molecule has 0 unspecified atom stereocenters. The average Bonchev–Trinajstić information content (AvgIpc) is 2.61. The van der Waals surface area contributed by atoms with Gasteiger partial charge in [0.15, 0.2) is 0 Å². The Kier molecular flexibility index (Phi) is 4.67. The normalized spacial score (nSPS) is 15.7. The van der Waals surface area contributed by atoms with Crippen molar-refractivity contribution in [3.8, 4) is 11.5 Å². The van der Waals surface area contributed by atoms with E-state index < -0.39 is 0 Å². The predicted octanol–water partition coefficient (Wildman–Crippen LogP) is 3.81. The second-order valence-corrected chi connectivity index (χ2v) is 6.52. The highest BCUT2D eigenvalue weighted by Gasteiger charge is 2.37. The first kappa shape index (κ1) is 16.7. The second kappa shape index (κ2) is 6.73. The number of nitrogens with zero attached hydrogens (tertiary/aromatic N) is 1. The summed E-state index contributed by atoms with van der Waals surface area (Å²) >= 11 is 0. The number of aromatic hydroxyl groups is 1. The minimum atomic E-state index is -0.210. The fourth-order valence-electron chi connectivity index (χ4n) is 3.30. The molecule has 24 heavy (non-hydrogen) atoms. The Hall–Kier alpha value is -2.20. The van der Waals surface area contributed by atoms with Gasteiger partial charge < -0.3 is 20.5 Å². The molecule has 0 bridgehead atoms. The summed E-state index contributed by atoms with van der Waals surface area (Å²) in [5, 5.41) is 9.83. The van der Waals surface area contributed by atoms with Gasteiger partial charge in [-0.2, -0.15) is 0 Å². The number of anilines is 1. The Labute approximate surface area is 143 Å². The van der Waals surface area contributed by atoms with E-state index >= 15 is 0 Å². The summed E-state index contributed by atoms with van der Waals surface area (Å²) in [5.74, 6) is 1.01. The maximum absolute atomic E-state index is 9.83. The Morgan fingerprint density at radius 1 is 1.08 bits per heavy atom. The molecule has 2 aromatic carbocycles. The largest absolute Gasteiger partial charge is 0.508 e. The van der Waals surface area contributed by atoms with Crippen LogP contribution in [-0.4, -0.2) is 17.3 Å². The standard InChI is InChI=1S/C20H26N2O2/c1-3-20(4-2)14-22(13-16-7-5-15(12-21)6-8-16)18-10-9-17(23)11-19(18)24-20/h5-11,23H,3-4,12-14,21H2,1-2H3. The van der Waals surface area contributed by atoms with Crippen molar-refractivity contribution in [2.24, 2.45) is 5.73 Å². The summed E-state index contributed by atoms with van der Waals surface area (Å²) in [7, 11) is 0. The van der Waals surface area contributed by atoms with Gasteiger partial charge in [-0.1, -0.05) is 38.1 Å². The lowest BCUT2D eigenvalue weighted by molar-refractivity contribution is 0.0568. The van der Waals surface area contributed by atoms with E-state index in [2.05, 4.69) is 43.0 Å². The smallest absolute Gasteiger partial charge is 0.147 e. The Morgan fingerprint density at radius 2 is 1.75 bits per heavy atom. The number of hydrogen-bond donors (Lipinski definition) is 2. The molecular weight excluding hydrogens is 300 g/mol. The van der Waals surface area contributed by atoms with Gasteiger partial charge in [-0.3, -0.25) is 0 Å². The van der Waals surface area contributed by atoms with Crippen molar-refractivity contribution in [2.45, 2.75) is 45.4 Å². The van der Waals surface area contributed by atoms with Crippen LogP contribution in [0.3, 0.4) is 0 Å². The van der Waals surface area contributed by atoms with Crippen LogP contribution in [0.5, 0.6) is 11.5 Å². The number of phenols is 1. The first-order valence-corrected chi connectivity index (χ1v) is 8.64. The third-order valence-electron chi connectivity index (χ3n) is 5.01. The van der Waals surface area contributed by atoms with Crippen LogP contribution in [0.4, 0.5) is 5.69 Å². The summed E-state index contributed by atoms with van der Waals surface area (Å²) in [5.41, 5.74) is 8.89. The Balaban J connectivity index is 1.92. The van der Waals surface area contributed by atoms with Crippen LogP contribution in [0.15, 0.2) is 42.5 Å². The number of ether oxygens (including phenoxy) is 1. The minimum Gasteiger partial charge on any atom is -0.508 e. The second-order valence-electron chi connectivity index (χ2n) is 6.52. The van der Waals surface area contributed by atoms with Crippen molar-refractivity contribution in [3.05, 3.63) is 53.6 Å². The van der Waals surface area contributed by atoms with E-state index in [1.807, 2.05) is 6.07 Å². The molecule has 0 atom stereocenters.